The normalized spacial score (nSPS) is 26.5. The minimum absolute atomic E-state index is 0.0361. The number of hydrogen-bond donors (Lipinski definition) is 2. The molecule has 0 spiro atoms. The van der Waals surface area contributed by atoms with Gasteiger partial charge in [0.05, 0.1) is 6.61 Å². The van der Waals surface area contributed by atoms with E-state index in [1.807, 2.05) is 0 Å². The predicted octanol–water partition coefficient (Wildman–Crippen LogP) is 2.79. The zero-order valence-corrected chi connectivity index (χ0v) is 17.2. The maximum absolute atomic E-state index is 14.8. The van der Waals surface area contributed by atoms with E-state index in [0.29, 0.717) is 0 Å². The van der Waals surface area contributed by atoms with E-state index in [9.17, 15) is 32.3 Å². The second-order valence-corrected chi connectivity index (χ2v) is 8.51. The van der Waals surface area contributed by atoms with Crippen molar-refractivity contribution in [3.05, 3.63) is 29.6 Å². The largest absolute Gasteiger partial charge is 0.465 e. The zero-order valence-electron chi connectivity index (χ0n) is 17.2. The van der Waals surface area contributed by atoms with Gasteiger partial charge in [-0.3, -0.25) is 9.69 Å². The van der Waals surface area contributed by atoms with E-state index in [1.165, 1.54) is 26.8 Å². The van der Waals surface area contributed by atoms with Crippen LogP contribution < -0.4 is 5.73 Å². The third-order valence-corrected chi connectivity index (χ3v) is 5.34. The van der Waals surface area contributed by atoms with Crippen LogP contribution in [-0.4, -0.2) is 64.3 Å². The lowest BCUT2D eigenvalue weighted by Gasteiger charge is -2.44. The topological polar surface area (TPSA) is 108 Å². The van der Waals surface area contributed by atoms with Crippen molar-refractivity contribution in [2.24, 2.45) is 10.9 Å². The van der Waals surface area contributed by atoms with E-state index in [-0.39, 0.29) is 11.3 Å². The lowest BCUT2D eigenvalue weighted by molar-refractivity contribution is -0.218. The molecule has 2 aliphatic heterocycles. The van der Waals surface area contributed by atoms with E-state index in [4.69, 9.17) is 10.5 Å². The molecule has 2 amide bonds. The number of carbonyl (C=O) groups excluding carboxylic acids is 1. The van der Waals surface area contributed by atoms with Gasteiger partial charge in [-0.1, -0.05) is 0 Å². The Morgan fingerprint density at radius 2 is 1.97 bits per heavy atom. The van der Waals surface area contributed by atoms with Gasteiger partial charge in [0, 0.05) is 23.8 Å². The number of nitrogens with two attached hydrogens (primary N) is 1. The average molecular weight is 446 g/mol. The number of carbonyl (C=O) groups is 2. The number of rotatable bonds is 1. The highest BCUT2D eigenvalue weighted by molar-refractivity contribution is 6.06. The highest BCUT2D eigenvalue weighted by Gasteiger charge is 2.66. The van der Waals surface area contributed by atoms with Gasteiger partial charge in [-0.2, -0.15) is 13.2 Å². The van der Waals surface area contributed by atoms with Gasteiger partial charge in [0.15, 0.2) is 6.10 Å². The summed E-state index contributed by atoms with van der Waals surface area (Å²) in [6.45, 7) is 3.77. The van der Waals surface area contributed by atoms with Gasteiger partial charge in [-0.05, 0) is 39.0 Å². The standard InChI is InChI=1S/C19H22F4N4O4/c1-17(2,3)27(16(29)30)15-25-18(10-7-9(24)5-6-11(10)20)8-31-13(19(21,22)23)12(18)14(28)26(15)4/h5-7,12-13H,8,24H2,1-4H3,(H,29,30)/t12-,13-,18+/m0/s1. The van der Waals surface area contributed by atoms with Crippen LogP contribution in [0.3, 0.4) is 0 Å². The third kappa shape index (κ3) is 3.58. The van der Waals surface area contributed by atoms with Crippen LogP contribution in [0.1, 0.15) is 26.3 Å². The molecule has 1 aromatic rings. The maximum Gasteiger partial charge on any atom is 0.415 e. The van der Waals surface area contributed by atoms with Crippen molar-refractivity contribution in [2.45, 2.75) is 44.1 Å². The van der Waals surface area contributed by atoms with Crippen molar-refractivity contribution in [3.8, 4) is 0 Å². The number of benzene rings is 1. The number of ether oxygens (including phenoxy) is 1. The Hall–Kier alpha value is -2.89. The summed E-state index contributed by atoms with van der Waals surface area (Å²) in [5.41, 5.74) is 2.12. The minimum Gasteiger partial charge on any atom is -0.465 e. The quantitative estimate of drug-likeness (QED) is 0.510. The van der Waals surface area contributed by atoms with E-state index in [1.54, 1.807) is 0 Å². The van der Waals surface area contributed by atoms with Crippen LogP contribution in [0.5, 0.6) is 0 Å². The Bertz CT molecular complexity index is 959. The molecule has 8 nitrogen and oxygen atoms in total. The number of carboxylic acid groups (broad SMARTS) is 1. The molecule has 0 aromatic heterocycles. The number of fused-ring (bicyclic) bond motifs is 1. The first-order valence-electron chi connectivity index (χ1n) is 9.25. The summed E-state index contributed by atoms with van der Waals surface area (Å²) < 4.78 is 60.9. The molecule has 3 N–H and O–H groups in total. The van der Waals surface area contributed by atoms with Crippen LogP contribution in [0.4, 0.5) is 28.0 Å². The fourth-order valence-electron chi connectivity index (χ4n) is 3.99. The number of amides is 2. The summed E-state index contributed by atoms with van der Waals surface area (Å²) in [4.78, 5) is 30.9. The Morgan fingerprint density at radius 3 is 2.48 bits per heavy atom. The van der Waals surface area contributed by atoms with Gasteiger partial charge in [0.25, 0.3) is 0 Å². The zero-order chi connectivity index (χ0) is 23.5. The maximum atomic E-state index is 14.8. The van der Waals surface area contributed by atoms with E-state index in [2.05, 4.69) is 4.99 Å². The Kier molecular flexibility index (Phi) is 5.20. The summed E-state index contributed by atoms with van der Waals surface area (Å²) in [7, 11) is 1.12. The van der Waals surface area contributed by atoms with Crippen LogP contribution in [0.2, 0.25) is 0 Å². The van der Waals surface area contributed by atoms with E-state index >= 15 is 0 Å². The number of nitrogens with zero attached hydrogens (tertiary/aromatic N) is 3. The predicted molar refractivity (Wildman–Crippen MR) is 102 cm³/mol. The molecule has 1 saturated heterocycles. The van der Waals surface area contributed by atoms with Crippen LogP contribution >= 0.6 is 0 Å². The molecule has 2 aliphatic rings. The molecule has 1 fully saturated rings. The molecule has 31 heavy (non-hydrogen) atoms. The summed E-state index contributed by atoms with van der Waals surface area (Å²) in [5, 5.41) is 9.74. The molecule has 0 radical (unpaired) electrons. The first-order valence-corrected chi connectivity index (χ1v) is 9.25. The lowest BCUT2D eigenvalue weighted by atomic mass is 9.75. The number of guanidine groups is 1. The Labute approximate surface area is 175 Å². The molecule has 1 aromatic carbocycles. The SMILES string of the molecule is CN1C(=O)[C@@H]2[C@@H](C(F)(F)F)OC[C@]2(c2cc(N)ccc2F)N=C1N(C(=O)O)C(C)(C)C. The molecule has 0 bridgehead atoms. The Morgan fingerprint density at radius 1 is 1.35 bits per heavy atom. The molecule has 3 rings (SSSR count). The van der Waals surface area contributed by atoms with Gasteiger partial charge in [0.1, 0.15) is 17.3 Å². The molecule has 0 unspecified atom stereocenters. The number of hydrogen-bond acceptors (Lipinski definition) is 5. The van der Waals surface area contributed by atoms with Crippen molar-refractivity contribution in [1.29, 1.82) is 0 Å². The summed E-state index contributed by atoms with van der Waals surface area (Å²) in [5.74, 6) is -4.44. The first-order chi connectivity index (χ1) is 14.1. The van der Waals surface area contributed by atoms with Crippen molar-refractivity contribution >= 4 is 23.6 Å². The fourth-order valence-corrected chi connectivity index (χ4v) is 3.99. The molecule has 12 heteroatoms. The number of nitrogen functional groups attached to an aromatic ring is 1. The minimum atomic E-state index is -4.94. The number of alkyl halides is 3. The van der Waals surface area contributed by atoms with Gasteiger partial charge < -0.3 is 15.6 Å². The molecular weight excluding hydrogens is 424 g/mol. The Balaban J connectivity index is 2.35. The summed E-state index contributed by atoms with van der Waals surface area (Å²) in [6.07, 6.45) is -8.98. The van der Waals surface area contributed by atoms with Gasteiger partial charge >= 0.3 is 12.3 Å². The smallest absolute Gasteiger partial charge is 0.415 e. The monoisotopic (exact) mass is 446 g/mol. The van der Waals surface area contributed by atoms with Crippen molar-refractivity contribution < 1.29 is 37.0 Å². The molecule has 0 saturated carbocycles. The lowest BCUT2D eigenvalue weighted by Crippen LogP contribution is -2.63. The highest BCUT2D eigenvalue weighted by Crippen LogP contribution is 2.51. The molecule has 2 heterocycles. The van der Waals surface area contributed by atoms with Crippen molar-refractivity contribution in [1.82, 2.24) is 9.80 Å². The van der Waals surface area contributed by atoms with Crippen LogP contribution in [0.15, 0.2) is 23.2 Å². The van der Waals surface area contributed by atoms with Gasteiger partial charge in [-0.25, -0.2) is 19.1 Å². The van der Waals surface area contributed by atoms with Crippen LogP contribution in [0.25, 0.3) is 0 Å². The average Bonchev–Trinajstić information content (AvgIpc) is 3.01. The van der Waals surface area contributed by atoms with E-state index < -0.39 is 59.7 Å². The van der Waals surface area contributed by atoms with Crippen molar-refractivity contribution in [2.75, 3.05) is 19.4 Å². The number of anilines is 1. The number of aliphatic imine (C=N–C) groups is 1. The highest BCUT2D eigenvalue weighted by atomic mass is 19.4. The first kappa shape index (κ1) is 22.8. The molecule has 170 valence electrons. The van der Waals surface area contributed by atoms with Gasteiger partial charge in [-0.15, -0.1) is 0 Å². The number of halogens is 4. The fraction of sp³-hybridized carbons (Fsp3) is 0.526. The summed E-state index contributed by atoms with van der Waals surface area (Å²) >= 11 is 0. The van der Waals surface area contributed by atoms with Crippen LogP contribution in [0, 0.1) is 11.7 Å². The molecule has 3 atom stereocenters. The molecule has 0 aliphatic carbocycles. The van der Waals surface area contributed by atoms with Gasteiger partial charge in [0.2, 0.25) is 11.9 Å². The van der Waals surface area contributed by atoms with Crippen LogP contribution in [-0.2, 0) is 15.1 Å². The molecular formula is C19H22F4N4O4. The summed E-state index contributed by atoms with van der Waals surface area (Å²) in [6, 6.07) is 3.25. The third-order valence-electron chi connectivity index (χ3n) is 5.34. The van der Waals surface area contributed by atoms with E-state index in [0.717, 1.165) is 29.0 Å². The second-order valence-electron chi connectivity index (χ2n) is 8.51. The van der Waals surface area contributed by atoms with Crippen molar-refractivity contribution in [3.63, 3.8) is 0 Å². The second kappa shape index (κ2) is 7.08.